The first-order valence-electron chi connectivity index (χ1n) is 10.4. The van der Waals surface area contributed by atoms with Gasteiger partial charge in [-0.3, -0.25) is 19.4 Å². The molecular formula is C23H27N3O4. The third-order valence-electron chi connectivity index (χ3n) is 5.51. The van der Waals surface area contributed by atoms with E-state index in [1.54, 1.807) is 11.8 Å². The molecule has 2 aliphatic rings. The van der Waals surface area contributed by atoms with Gasteiger partial charge in [0.25, 0.3) is 5.91 Å². The molecule has 0 N–H and O–H groups in total. The van der Waals surface area contributed by atoms with Gasteiger partial charge in [-0.1, -0.05) is 30.3 Å². The number of hydrogen-bond donors (Lipinski definition) is 0. The number of para-hydroxylation sites is 3. The van der Waals surface area contributed by atoms with Gasteiger partial charge in [0.15, 0.2) is 6.10 Å². The molecule has 4 rings (SSSR count). The summed E-state index contributed by atoms with van der Waals surface area (Å²) in [5.74, 6) is 1.29. The van der Waals surface area contributed by atoms with Crippen molar-refractivity contribution in [1.29, 1.82) is 0 Å². The Hall–Kier alpha value is -3.06. The second-order valence-corrected chi connectivity index (χ2v) is 7.54. The average molecular weight is 409 g/mol. The Bertz CT molecular complexity index is 881. The highest BCUT2D eigenvalue weighted by molar-refractivity contribution is 6.03. The fraction of sp³-hybridized carbons (Fsp3) is 0.391. The van der Waals surface area contributed by atoms with E-state index in [2.05, 4.69) is 4.90 Å². The standard InChI is InChI=1S/C23H27N3O4/c1-18-23(28)26(20-9-5-6-10-21(20)30-18)17-22(27)25-13-11-24(12-14-25)15-16-29-19-7-3-2-4-8-19/h2-10,18H,11-17H2,1H3. The molecule has 30 heavy (non-hydrogen) atoms. The van der Waals surface area contributed by atoms with Crippen molar-refractivity contribution >= 4 is 17.5 Å². The number of ether oxygens (including phenoxy) is 2. The molecule has 0 bridgehead atoms. The van der Waals surface area contributed by atoms with E-state index in [9.17, 15) is 9.59 Å². The van der Waals surface area contributed by atoms with Gasteiger partial charge in [-0.25, -0.2) is 0 Å². The average Bonchev–Trinajstić information content (AvgIpc) is 2.78. The molecule has 0 radical (unpaired) electrons. The van der Waals surface area contributed by atoms with E-state index >= 15 is 0 Å². The first-order valence-corrected chi connectivity index (χ1v) is 10.4. The molecule has 0 aliphatic carbocycles. The molecule has 2 aromatic rings. The van der Waals surface area contributed by atoms with Crippen LogP contribution < -0.4 is 14.4 Å². The van der Waals surface area contributed by atoms with Crippen molar-refractivity contribution in [3.05, 3.63) is 54.6 Å². The zero-order chi connectivity index (χ0) is 20.9. The summed E-state index contributed by atoms with van der Waals surface area (Å²) in [6.07, 6.45) is -0.589. The highest BCUT2D eigenvalue weighted by Crippen LogP contribution is 2.33. The number of carbonyl (C=O) groups is 2. The predicted octanol–water partition coefficient (Wildman–Crippen LogP) is 2.02. The number of hydrogen-bond acceptors (Lipinski definition) is 5. The van der Waals surface area contributed by atoms with Crippen molar-refractivity contribution in [3.8, 4) is 11.5 Å². The minimum atomic E-state index is -0.589. The lowest BCUT2D eigenvalue weighted by atomic mass is 10.2. The van der Waals surface area contributed by atoms with Gasteiger partial charge in [0.1, 0.15) is 24.7 Å². The Balaban J connectivity index is 1.27. The van der Waals surface area contributed by atoms with Crippen LogP contribution in [0.15, 0.2) is 54.6 Å². The summed E-state index contributed by atoms with van der Waals surface area (Å²) in [4.78, 5) is 31.2. The first kappa shape index (κ1) is 20.2. The number of carbonyl (C=O) groups excluding carboxylic acids is 2. The maximum atomic E-state index is 12.9. The van der Waals surface area contributed by atoms with Crippen molar-refractivity contribution in [3.63, 3.8) is 0 Å². The van der Waals surface area contributed by atoms with Gasteiger partial charge in [-0.2, -0.15) is 0 Å². The summed E-state index contributed by atoms with van der Waals surface area (Å²) < 4.78 is 11.4. The molecule has 0 spiro atoms. The maximum Gasteiger partial charge on any atom is 0.268 e. The topological polar surface area (TPSA) is 62.3 Å². The fourth-order valence-corrected chi connectivity index (χ4v) is 3.79. The molecule has 1 atom stereocenters. The number of rotatable bonds is 6. The molecular weight excluding hydrogens is 382 g/mol. The van der Waals surface area contributed by atoms with E-state index in [0.717, 1.165) is 25.4 Å². The first-order chi connectivity index (χ1) is 14.6. The van der Waals surface area contributed by atoms with Crippen molar-refractivity contribution in [2.75, 3.05) is 50.8 Å². The number of piperazine rings is 1. The van der Waals surface area contributed by atoms with Gasteiger partial charge >= 0.3 is 0 Å². The molecule has 7 heteroatoms. The molecule has 2 amide bonds. The van der Waals surface area contributed by atoms with Crippen LogP contribution in [0.25, 0.3) is 0 Å². The second kappa shape index (κ2) is 9.17. The van der Waals surface area contributed by atoms with E-state index in [1.807, 2.05) is 59.5 Å². The Morgan fingerprint density at radius 1 is 1.03 bits per heavy atom. The summed E-state index contributed by atoms with van der Waals surface area (Å²) in [6.45, 7) is 6.10. The van der Waals surface area contributed by atoms with Crippen LogP contribution in [-0.4, -0.2) is 73.6 Å². The van der Waals surface area contributed by atoms with Crippen molar-refractivity contribution in [2.45, 2.75) is 13.0 Å². The van der Waals surface area contributed by atoms with Gasteiger partial charge in [0.2, 0.25) is 5.91 Å². The SMILES string of the molecule is CC1Oc2ccccc2N(CC(=O)N2CCN(CCOc3ccccc3)CC2)C1=O. The van der Waals surface area contributed by atoms with Crippen LogP contribution in [0.4, 0.5) is 5.69 Å². The molecule has 1 unspecified atom stereocenters. The number of nitrogens with zero attached hydrogens (tertiary/aromatic N) is 3. The molecule has 0 saturated carbocycles. The minimum Gasteiger partial charge on any atom is -0.492 e. The van der Waals surface area contributed by atoms with Gasteiger partial charge in [0.05, 0.1) is 5.69 Å². The fourth-order valence-electron chi connectivity index (χ4n) is 3.79. The Labute approximate surface area is 176 Å². The monoisotopic (exact) mass is 409 g/mol. The van der Waals surface area contributed by atoms with Crippen molar-refractivity contribution in [2.24, 2.45) is 0 Å². The molecule has 0 aromatic heterocycles. The van der Waals surface area contributed by atoms with Crippen LogP contribution in [0.5, 0.6) is 11.5 Å². The van der Waals surface area contributed by atoms with Crippen LogP contribution in [-0.2, 0) is 9.59 Å². The molecule has 1 fully saturated rings. The third kappa shape index (κ3) is 4.57. The van der Waals surface area contributed by atoms with Crippen molar-refractivity contribution < 1.29 is 19.1 Å². The van der Waals surface area contributed by atoms with E-state index in [1.165, 1.54) is 0 Å². The van der Waals surface area contributed by atoms with Crippen LogP contribution in [0.3, 0.4) is 0 Å². The molecule has 2 aromatic carbocycles. The third-order valence-corrected chi connectivity index (χ3v) is 5.51. The summed E-state index contributed by atoms with van der Waals surface area (Å²) in [6, 6.07) is 17.1. The number of benzene rings is 2. The van der Waals surface area contributed by atoms with Crippen LogP contribution in [0.1, 0.15) is 6.92 Å². The smallest absolute Gasteiger partial charge is 0.268 e. The van der Waals surface area contributed by atoms with Gasteiger partial charge in [0, 0.05) is 32.7 Å². The molecule has 1 saturated heterocycles. The Kier molecular flexibility index (Phi) is 6.18. The summed E-state index contributed by atoms with van der Waals surface area (Å²) in [7, 11) is 0. The Morgan fingerprint density at radius 2 is 1.73 bits per heavy atom. The highest BCUT2D eigenvalue weighted by Gasteiger charge is 2.34. The summed E-state index contributed by atoms with van der Waals surface area (Å²) >= 11 is 0. The normalized spacial score (nSPS) is 19.2. The van der Waals surface area contributed by atoms with Gasteiger partial charge in [-0.15, -0.1) is 0 Å². The number of amides is 2. The minimum absolute atomic E-state index is 0.0348. The van der Waals surface area contributed by atoms with Gasteiger partial charge in [-0.05, 0) is 31.2 Å². The lowest BCUT2D eigenvalue weighted by Gasteiger charge is -2.37. The largest absolute Gasteiger partial charge is 0.492 e. The van der Waals surface area contributed by atoms with E-state index in [-0.39, 0.29) is 18.4 Å². The number of anilines is 1. The summed E-state index contributed by atoms with van der Waals surface area (Å²) in [5.41, 5.74) is 0.658. The lowest BCUT2D eigenvalue weighted by Crippen LogP contribution is -2.54. The van der Waals surface area contributed by atoms with Crippen LogP contribution in [0.2, 0.25) is 0 Å². The molecule has 158 valence electrons. The molecule has 2 heterocycles. The zero-order valence-corrected chi connectivity index (χ0v) is 17.2. The van der Waals surface area contributed by atoms with Crippen molar-refractivity contribution in [1.82, 2.24) is 9.80 Å². The summed E-state index contributed by atoms with van der Waals surface area (Å²) in [5, 5.41) is 0. The molecule has 2 aliphatic heterocycles. The van der Waals surface area contributed by atoms with E-state index in [0.29, 0.717) is 31.1 Å². The van der Waals surface area contributed by atoms with E-state index < -0.39 is 6.10 Å². The van der Waals surface area contributed by atoms with Crippen LogP contribution in [0, 0.1) is 0 Å². The highest BCUT2D eigenvalue weighted by atomic mass is 16.5. The number of fused-ring (bicyclic) bond motifs is 1. The zero-order valence-electron chi connectivity index (χ0n) is 17.2. The maximum absolute atomic E-state index is 12.9. The van der Waals surface area contributed by atoms with E-state index in [4.69, 9.17) is 9.47 Å². The molecule has 7 nitrogen and oxygen atoms in total. The second-order valence-electron chi connectivity index (χ2n) is 7.54. The lowest BCUT2D eigenvalue weighted by molar-refractivity contribution is -0.134. The quantitative estimate of drug-likeness (QED) is 0.731. The van der Waals surface area contributed by atoms with Crippen LogP contribution >= 0.6 is 0 Å². The predicted molar refractivity (Wildman–Crippen MR) is 114 cm³/mol. The Morgan fingerprint density at radius 3 is 2.50 bits per heavy atom. The van der Waals surface area contributed by atoms with Gasteiger partial charge < -0.3 is 14.4 Å².